The Bertz CT molecular complexity index is 74.0. The third-order valence-electron chi connectivity index (χ3n) is 1.85. The molecule has 0 aromatic heterocycles. The maximum absolute atomic E-state index is 4.38. The summed E-state index contributed by atoms with van der Waals surface area (Å²) in [6.45, 7) is 2.25. The van der Waals surface area contributed by atoms with Crippen LogP contribution in [0.25, 0.3) is 0 Å². The van der Waals surface area contributed by atoms with Crippen LogP contribution in [0.3, 0.4) is 0 Å². The van der Waals surface area contributed by atoms with Crippen LogP contribution in [0.1, 0.15) is 45.4 Å². The smallest absolute Gasteiger partial charge is 0.0105 e. The van der Waals surface area contributed by atoms with Crippen molar-refractivity contribution in [3.63, 3.8) is 0 Å². The van der Waals surface area contributed by atoms with Gasteiger partial charge in [-0.05, 0) is 6.42 Å². The van der Waals surface area contributed by atoms with Gasteiger partial charge in [-0.3, -0.25) is 0 Å². The Kier molecular flexibility index (Phi) is 9.35. The summed E-state index contributed by atoms with van der Waals surface area (Å²) in [5.41, 5.74) is 0. The molecule has 0 aromatic rings. The van der Waals surface area contributed by atoms with Gasteiger partial charge in [-0.25, -0.2) is 0 Å². The third-order valence-corrected chi connectivity index (χ3v) is 3.02. The number of unbranched alkanes of at least 4 members (excludes halogenated alkanes) is 4. The molecule has 0 radical (unpaired) electrons. The Morgan fingerprint density at radius 3 is 2.27 bits per heavy atom. The first-order chi connectivity index (χ1) is 5.31. The highest BCUT2D eigenvalue weighted by Crippen LogP contribution is 2.11. The van der Waals surface area contributed by atoms with Crippen LogP contribution in [0, 0.1) is 0 Å². The van der Waals surface area contributed by atoms with Crippen molar-refractivity contribution < 1.29 is 0 Å². The summed E-state index contributed by atoms with van der Waals surface area (Å²) in [6, 6.07) is 0. The van der Waals surface area contributed by atoms with Crippen LogP contribution in [0.5, 0.6) is 0 Å². The summed E-state index contributed by atoms with van der Waals surface area (Å²) in [5.74, 6) is 0.914. The summed E-state index contributed by atoms with van der Waals surface area (Å²) in [6.07, 6.45) is 8.04. The summed E-state index contributed by atoms with van der Waals surface area (Å²) in [5, 5.41) is 0.514. The molecule has 0 N–H and O–H groups in total. The molecule has 0 fully saturated rings. The average Bonchev–Trinajstić information content (AvgIpc) is 2.04. The molecule has 0 nitrogen and oxygen atoms in total. The molecular weight excluding hydrogens is 172 g/mol. The number of hydrogen-bond acceptors (Lipinski definition) is 2. The SMILES string of the molecule is CCCCCCCC(S)CS. The van der Waals surface area contributed by atoms with E-state index in [1.54, 1.807) is 0 Å². The van der Waals surface area contributed by atoms with Gasteiger partial charge >= 0.3 is 0 Å². The Labute approximate surface area is 82.0 Å². The van der Waals surface area contributed by atoms with E-state index < -0.39 is 0 Å². The van der Waals surface area contributed by atoms with E-state index in [1.807, 2.05) is 0 Å². The summed E-state index contributed by atoms with van der Waals surface area (Å²) in [4.78, 5) is 0. The second-order valence-electron chi connectivity index (χ2n) is 3.04. The Morgan fingerprint density at radius 2 is 1.73 bits per heavy atom. The molecule has 0 spiro atoms. The van der Waals surface area contributed by atoms with Crippen LogP contribution in [-0.4, -0.2) is 11.0 Å². The fourth-order valence-electron chi connectivity index (χ4n) is 1.07. The largest absolute Gasteiger partial charge is 0.178 e. The van der Waals surface area contributed by atoms with Gasteiger partial charge in [0.1, 0.15) is 0 Å². The molecule has 0 aliphatic heterocycles. The highest BCUT2D eigenvalue weighted by molar-refractivity contribution is 7.84. The highest BCUT2D eigenvalue weighted by atomic mass is 32.1. The minimum absolute atomic E-state index is 0.514. The van der Waals surface area contributed by atoms with E-state index in [2.05, 4.69) is 32.2 Å². The first-order valence-corrected chi connectivity index (χ1v) is 5.75. The van der Waals surface area contributed by atoms with Gasteiger partial charge in [0.15, 0.2) is 0 Å². The lowest BCUT2D eigenvalue weighted by molar-refractivity contribution is 0.609. The van der Waals surface area contributed by atoms with Crippen molar-refractivity contribution >= 4 is 25.3 Å². The van der Waals surface area contributed by atoms with Crippen LogP contribution in [0.4, 0.5) is 0 Å². The van der Waals surface area contributed by atoms with E-state index in [-0.39, 0.29) is 0 Å². The second-order valence-corrected chi connectivity index (χ2v) is 4.13. The van der Waals surface area contributed by atoms with Crippen molar-refractivity contribution in [3.05, 3.63) is 0 Å². The lowest BCUT2D eigenvalue weighted by Crippen LogP contribution is -1.99. The maximum atomic E-state index is 4.38. The molecular formula is C9H20S2. The second kappa shape index (κ2) is 8.79. The Hall–Kier alpha value is 0.700. The van der Waals surface area contributed by atoms with Gasteiger partial charge in [0.25, 0.3) is 0 Å². The summed E-state index contributed by atoms with van der Waals surface area (Å²) >= 11 is 8.56. The van der Waals surface area contributed by atoms with Crippen molar-refractivity contribution in [2.24, 2.45) is 0 Å². The number of thiol groups is 2. The quantitative estimate of drug-likeness (QED) is 0.447. The lowest BCUT2D eigenvalue weighted by Gasteiger charge is -2.05. The topological polar surface area (TPSA) is 0 Å². The first-order valence-electron chi connectivity index (χ1n) is 4.60. The van der Waals surface area contributed by atoms with Crippen LogP contribution >= 0.6 is 25.3 Å². The van der Waals surface area contributed by atoms with Crippen molar-refractivity contribution in [1.82, 2.24) is 0 Å². The minimum atomic E-state index is 0.514. The Balaban J connectivity index is 2.89. The molecule has 0 heterocycles. The monoisotopic (exact) mass is 192 g/mol. The van der Waals surface area contributed by atoms with Crippen LogP contribution in [0.15, 0.2) is 0 Å². The van der Waals surface area contributed by atoms with Crippen molar-refractivity contribution in [3.8, 4) is 0 Å². The fraction of sp³-hybridized carbons (Fsp3) is 1.00. The van der Waals surface area contributed by atoms with Gasteiger partial charge in [0.2, 0.25) is 0 Å². The van der Waals surface area contributed by atoms with E-state index in [9.17, 15) is 0 Å². The van der Waals surface area contributed by atoms with E-state index in [0.29, 0.717) is 5.25 Å². The summed E-state index contributed by atoms with van der Waals surface area (Å²) in [7, 11) is 0. The number of rotatable bonds is 7. The Morgan fingerprint density at radius 1 is 1.09 bits per heavy atom. The van der Waals surface area contributed by atoms with Crippen molar-refractivity contribution in [1.29, 1.82) is 0 Å². The van der Waals surface area contributed by atoms with Crippen molar-refractivity contribution in [2.45, 2.75) is 50.7 Å². The van der Waals surface area contributed by atoms with Gasteiger partial charge in [-0.2, -0.15) is 25.3 Å². The highest BCUT2D eigenvalue weighted by Gasteiger charge is 1.98. The van der Waals surface area contributed by atoms with Gasteiger partial charge in [-0.15, -0.1) is 0 Å². The first kappa shape index (κ1) is 11.7. The molecule has 0 rings (SSSR count). The molecule has 0 aromatic carbocycles. The molecule has 0 bridgehead atoms. The predicted molar refractivity (Wildman–Crippen MR) is 60.0 cm³/mol. The van der Waals surface area contributed by atoms with Crippen molar-refractivity contribution in [2.75, 3.05) is 5.75 Å². The van der Waals surface area contributed by atoms with Gasteiger partial charge in [-0.1, -0.05) is 39.0 Å². The zero-order valence-corrected chi connectivity index (χ0v) is 9.21. The average molecular weight is 192 g/mol. The normalized spacial score (nSPS) is 13.4. The molecule has 0 aliphatic carbocycles. The van der Waals surface area contributed by atoms with E-state index in [0.717, 1.165) is 5.75 Å². The zero-order chi connectivity index (χ0) is 8.53. The minimum Gasteiger partial charge on any atom is -0.178 e. The molecule has 1 atom stereocenters. The predicted octanol–water partition coefficient (Wildman–Crippen LogP) is 3.58. The lowest BCUT2D eigenvalue weighted by atomic mass is 10.1. The van der Waals surface area contributed by atoms with E-state index in [4.69, 9.17) is 0 Å². The van der Waals surface area contributed by atoms with Gasteiger partial charge < -0.3 is 0 Å². The van der Waals surface area contributed by atoms with E-state index >= 15 is 0 Å². The molecule has 11 heavy (non-hydrogen) atoms. The fourth-order valence-corrected chi connectivity index (χ4v) is 1.44. The molecule has 0 amide bonds. The molecule has 1 unspecified atom stereocenters. The zero-order valence-electron chi connectivity index (χ0n) is 7.42. The maximum Gasteiger partial charge on any atom is 0.0105 e. The molecule has 0 saturated heterocycles. The number of hydrogen-bond donors (Lipinski definition) is 2. The molecule has 0 aliphatic rings. The molecule has 68 valence electrons. The standard InChI is InChI=1S/C9H20S2/c1-2-3-4-5-6-7-9(11)8-10/h9-11H,2-8H2,1H3. The van der Waals surface area contributed by atoms with Crippen LogP contribution < -0.4 is 0 Å². The summed E-state index contributed by atoms with van der Waals surface area (Å²) < 4.78 is 0. The third kappa shape index (κ3) is 8.61. The van der Waals surface area contributed by atoms with E-state index in [1.165, 1.54) is 38.5 Å². The molecule has 2 heteroatoms. The molecule has 0 saturated carbocycles. The van der Waals surface area contributed by atoms with Gasteiger partial charge in [0.05, 0.1) is 0 Å². The van der Waals surface area contributed by atoms with Gasteiger partial charge in [0, 0.05) is 11.0 Å². The van der Waals surface area contributed by atoms with Crippen LogP contribution in [-0.2, 0) is 0 Å². The van der Waals surface area contributed by atoms with Crippen LogP contribution in [0.2, 0.25) is 0 Å².